The van der Waals surface area contributed by atoms with Crippen LogP contribution >= 0.6 is 15.9 Å². The van der Waals surface area contributed by atoms with Gasteiger partial charge >= 0.3 is 0 Å². The largest absolute Gasteiger partial charge is 0.376 e. The summed E-state index contributed by atoms with van der Waals surface area (Å²) in [6.07, 6.45) is 7.98. The van der Waals surface area contributed by atoms with E-state index in [4.69, 9.17) is 10.6 Å². The van der Waals surface area contributed by atoms with Gasteiger partial charge in [0.1, 0.15) is 0 Å². The van der Waals surface area contributed by atoms with Crippen molar-refractivity contribution in [2.45, 2.75) is 38.2 Å². The van der Waals surface area contributed by atoms with Gasteiger partial charge in [0.15, 0.2) is 5.82 Å². The standard InChI is InChI=1S/C14H21BrN4O2/c15-10-8-12(13(19-16)18-9-10)14(20)17-6-7-21-11-4-2-1-3-5-11/h8-9,11H,1-7,16H2,(H,17,20)(H,18,19). The Bertz CT molecular complexity index is 478. The molecule has 0 aliphatic heterocycles. The molecule has 7 heteroatoms. The summed E-state index contributed by atoms with van der Waals surface area (Å²) in [5, 5.41) is 2.82. The molecule has 1 amide bonds. The summed E-state index contributed by atoms with van der Waals surface area (Å²) in [6, 6.07) is 1.68. The number of carbonyl (C=O) groups is 1. The van der Waals surface area contributed by atoms with Crippen LogP contribution in [0.3, 0.4) is 0 Å². The van der Waals surface area contributed by atoms with Crippen LogP contribution < -0.4 is 16.6 Å². The number of hydrogen-bond acceptors (Lipinski definition) is 5. The van der Waals surface area contributed by atoms with Crippen molar-refractivity contribution in [3.8, 4) is 0 Å². The van der Waals surface area contributed by atoms with Gasteiger partial charge < -0.3 is 15.5 Å². The van der Waals surface area contributed by atoms with Crippen molar-refractivity contribution in [2.75, 3.05) is 18.6 Å². The van der Waals surface area contributed by atoms with E-state index in [1.165, 1.54) is 19.3 Å². The van der Waals surface area contributed by atoms with E-state index in [-0.39, 0.29) is 5.91 Å². The van der Waals surface area contributed by atoms with E-state index in [1.54, 1.807) is 12.3 Å². The summed E-state index contributed by atoms with van der Waals surface area (Å²) in [5.41, 5.74) is 2.83. The molecule has 1 saturated carbocycles. The monoisotopic (exact) mass is 356 g/mol. The highest BCUT2D eigenvalue weighted by molar-refractivity contribution is 9.10. The fourth-order valence-corrected chi connectivity index (χ4v) is 2.78. The molecule has 2 rings (SSSR count). The average molecular weight is 357 g/mol. The molecule has 116 valence electrons. The molecule has 1 aromatic rings. The van der Waals surface area contributed by atoms with Crippen LogP contribution in [0.5, 0.6) is 0 Å². The van der Waals surface area contributed by atoms with E-state index in [0.29, 0.717) is 30.6 Å². The Kier molecular flexibility index (Phi) is 6.41. The second-order valence-corrected chi connectivity index (χ2v) is 6.00. The van der Waals surface area contributed by atoms with Gasteiger partial charge in [-0.3, -0.25) is 4.79 Å². The smallest absolute Gasteiger partial charge is 0.255 e. The first-order chi connectivity index (χ1) is 10.2. The molecule has 21 heavy (non-hydrogen) atoms. The number of amides is 1. The molecule has 0 unspecified atom stereocenters. The molecule has 1 aromatic heterocycles. The Balaban J connectivity index is 1.77. The van der Waals surface area contributed by atoms with E-state index < -0.39 is 0 Å². The maximum atomic E-state index is 12.1. The highest BCUT2D eigenvalue weighted by Crippen LogP contribution is 2.20. The zero-order valence-corrected chi connectivity index (χ0v) is 13.5. The number of aromatic nitrogens is 1. The van der Waals surface area contributed by atoms with Crippen LogP contribution in [-0.4, -0.2) is 30.1 Å². The zero-order valence-electron chi connectivity index (χ0n) is 11.9. The van der Waals surface area contributed by atoms with Crippen molar-refractivity contribution < 1.29 is 9.53 Å². The van der Waals surface area contributed by atoms with Crippen LogP contribution in [0.15, 0.2) is 16.7 Å². The first-order valence-electron chi connectivity index (χ1n) is 7.22. The Hall–Kier alpha value is -1.18. The quantitative estimate of drug-likeness (QED) is 0.413. The number of rotatable bonds is 6. The number of carbonyl (C=O) groups excluding carboxylic acids is 1. The predicted octanol–water partition coefficient (Wildman–Crippen LogP) is 2.21. The summed E-state index contributed by atoms with van der Waals surface area (Å²) >= 11 is 3.29. The molecule has 0 atom stereocenters. The maximum Gasteiger partial charge on any atom is 0.255 e. The summed E-state index contributed by atoms with van der Waals surface area (Å²) in [6.45, 7) is 1.01. The Morgan fingerprint density at radius 2 is 2.19 bits per heavy atom. The lowest BCUT2D eigenvalue weighted by molar-refractivity contribution is 0.0299. The molecular weight excluding hydrogens is 336 g/mol. The molecular formula is C14H21BrN4O2. The fraction of sp³-hybridized carbons (Fsp3) is 0.571. The number of halogens is 1. The van der Waals surface area contributed by atoms with Crippen molar-refractivity contribution in [3.63, 3.8) is 0 Å². The number of nitrogens with one attached hydrogen (secondary N) is 2. The lowest BCUT2D eigenvalue weighted by atomic mass is 9.98. The summed E-state index contributed by atoms with van der Waals surface area (Å²) in [4.78, 5) is 16.1. The minimum absolute atomic E-state index is 0.219. The van der Waals surface area contributed by atoms with Crippen molar-refractivity contribution in [3.05, 3.63) is 22.3 Å². The van der Waals surface area contributed by atoms with E-state index in [2.05, 4.69) is 31.7 Å². The van der Waals surface area contributed by atoms with Gasteiger partial charge in [-0.1, -0.05) is 19.3 Å². The van der Waals surface area contributed by atoms with Gasteiger partial charge in [-0.15, -0.1) is 0 Å². The third-order valence-electron chi connectivity index (χ3n) is 3.53. The van der Waals surface area contributed by atoms with Crippen LogP contribution in [0.4, 0.5) is 5.82 Å². The molecule has 0 spiro atoms. The summed E-state index contributed by atoms with van der Waals surface area (Å²) < 4.78 is 6.50. The summed E-state index contributed by atoms with van der Waals surface area (Å²) in [5.74, 6) is 5.49. The van der Waals surface area contributed by atoms with Crippen LogP contribution in [0.1, 0.15) is 42.5 Å². The van der Waals surface area contributed by atoms with Crippen LogP contribution in [0.25, 0.3) is 0 Å². The van der Waals surface area contributed by atoms with Crippen molar-refractivity contribution in [2.24, 2.45) is 5.84 Å². The average Bonchev–Trinajstić information content (AvgIpc) is 2.52. The number of nitrogen functional groups attached to an aromatic ring is 1. The lowest BCUT2D eigenvalue weighted by Crippen LogP contribution is -2.30. The number of hydrazine groups is 1. The molecule has 1 fully saturated rings. The maximum absolute atomic E-state index is 12.1. The molecule has 1 heterocycles. The first-order valence-corrected chi connectivity index (χ1v) is 8.02. The second-order valence-electron chi connectivity index (χ2n) is 5.08. The van der Waals surface area contributed by atoms with E-state index in [9.17, 15) is 4.79 Å². The molecule has 1 aliphatic carbocycles. The molecule has 6 nitrogen and oxygen atoms in total. The number of ether oxygens (including phenoxy) is 1. The summed E-state index contributed by atoms with van der Waals surface area (Å²) in [7, 11) is 0. The second kappa shape index (κ2) is 8.31. The van der Waals surface area contributed by atoms with Gasteiger partial charge in [0.2, 0.25) is 0 Å². The van der Waals surface area contributed by atoms with Gasteiger partial charge in [0.25, 0.3) is 5.91 Å². The molecule has 0 radical (unpaired) electrons. The van der Waals surface area contributed by atoms with Gasteiger partial charge in [-0.25, -0.2) is 10.8 Å². The van der Waals surface area contributed by atoms with E-state index in [1.807, 2.05) is 0 Å². The van der Waals surface area contributed by atoms with Gasteiger partial charge in [-0.2, -0.15) is 0 Å². The first kappa shape index (κ1) is 16.2. The van der Waals surface area contributed by atoms with Crippen LogP contribution in [0.2, 0.25) is 0 Å². The molecule has 0 bridgehead atoms. The number of nitrogens with zero attached hydrogens (tertiary/aromatic N) is 1. The van der Waals surface area contributed by atoms with Crippen molar-refractivity contribution in [1.82, 2.24) is 10.3 Å². The van der Waals surface area contributed by atoms with Crippen molar-refractivity contribution in [1.29, 1.82) is 0 Å². The highest BCUT2D eigenvalue weighted by atomic mass is 79.9. The normalized spacial score (nSPS) is 15.7. The minimum Gasteiger partial charge on any atom is -0.376 e. The zero-order chi connectivity index (χ0) is 15.1. The van der Waals surface area contributed by atoms with Gasteiger partial charge in [0, 0.05) is 17.2 Å². The third kappa shape index (κ3) is 4.94. The minimum atomic E-state index is -0.219. The highest BCUT2D eigenvalue weighted by Gasteiger charge is 2.15. The Morgan fingerprint density at radius 3 is 2.90 bits per heavy atom. The Morgan fingerprint density at radius 1 is 1.43 bits per heavy atom. The number of nitrogens with two attached hydrogens (primary N) is 1. The van der Waals surface area contributed by atoms with Crippen LogP contribution in [-0.2, 0) is 4.74 Å². The number of anilines is 1. The lowest BCUT2D eigenvalue weighted by Gasteiger charge is -2.22. The fourth-order valence-electron chi connectivity index (χ4n) is 2.44. The van der Waals surface area contributed by atoms with Crippen molar-refractivity contribution >= 4 is 27.7 Å². The number of pyridine rings is 1. The molecule has 0 aromatic carbocycles. The topological polar surface area (TPSA) is 89.3 Å². The van der Waals surface area contributed by atoms with E-state index >= 15 is 0 Å². The van der Waals surface area contributed by atoms with Gasteiger partial charge in [0.05, 0.1) is 18.3 Å². The molecule has 1 aliphatic rings. The third-order valence-corrected chi connectivity index (χ3v) is 3.96. The number of hydrogen-bond donors (Lipinski definition) is 3. The van der Waals surface area contributed by atoms with Crippen LogP contribution in [0, 0.1) is 0 Å². The molecule has 4 N–H and O–H groups in total. The molecule has 0 saturated heterocycles. The van der Waals surface area contributed by atoms with E-state index in [0.717, 1.165) is 17.3 Å². The van der Waals surface area contributed by atoms with Gasteiger partial charge in [-0.05, 0) is 34.8 Å². The predicted molar refractivity (Wildman–Crippen MR) is 84.9 cm³/mol. The Labute approximate surface area is 132 Å². The SMILES string of the molecule is NNc1ncc(Br)cc1C(=O)NCCOC1CCCCC1.